The minimum absolute atomic E-state index is 0.0180. The summed E-state index contributed by atoms with van der Waals surface area (Å²) in [6.45, 7) is 3.98. The fraction of sp³-hybridized carbons (Fsp3) is 0.400. The number of benzene rings is 1. The molecule has 3 rings (SSSR count). The Labute approximate surface area is 174 Å². The van der Waals surface area contributed by atoms with Gasteiger partial charge in [0.25, 0.3) is 0 Å². The number of amides is 1. The summed E-state index contributed by atoms with van der Waals surface area (Å²) in [6, 6.07) is 8.99. The fourth-order valence-corrected chi connectivity index (χ4v) is 3.30. The van der Waals surface area contributed by atoms with E-state index in [1.54, 1.807) is 24.4 Å². The van der Waals surface area contributed by atoms with Crippen LogP contribution in [-0.4, -0.2) is 43.8 Å². The topological polar surface area (TPSA) is 63.7 Å². The van der Waals surface area contributed by atoms with Gasteiger partial charge in [0.05, 0.1) is 24.8 Å². The van der Waals surface area contributed by atoms with Crippen LogP contribution in [0.1, 0.15) is 18.4 Å². The van der Waals surface area contributed by atoms with Crippen molar-refractivity contribution in [3.05, 3.63) is 52.1 Å². The van der Waals surface area contributed by atoms with Gasteiger partial charge in [-0.25, -0.2) is 4.98 Å². The number of rotatable bonds is 8. The number of ether oxygens (including phenoxy) is 2. The van der Waals surface area contributed by atoms with E-state index in [4.69, 9.17) is 32.7 Å². The average molecular weight is 424 g/mol. The van der Waals surface area contributed by atoms with Crippen LogP contribution in [0.5, 0.6) is 5.75 Å². The van der Waals surface area contributed by atoms with Crippen molar-refractivity contribution < 1.29 is 14.3 Å². The molecule has 1 saturated heterocycles. The van der Waals surface area contributed by atoms with E-state index in [1.807, 2.05) is 12.1 Å². The van der Waals surface area contributed by atoms with Crippen molar-refractivity contribution in [2.75, 3.05) is 37.8 Å². The molecule has 1 aliphatic heterocycles. The van der Waals surface area contributed by atoms with Gasteiger partial charge in [-0.05, 0) is 42.3 Å². The molecule has 1 aromatic carbocycles. The summed E-state index contributed by atoms with van der Waals surface area (Å²) in [5.41, 5.74) is 1.02. The zero-order valence-electron chi connectivity index (χ0n) is 15.5. The maximum Gasteiger partial charge on any atom is 0.220 e. The highest BCUT2D eigenvalue weighted by Crippen LogP contribution is 2.27. The lowest BCUT2D eigenvalue weighted by Gasteiger charge is -2.28. The van der Waals surface area contributed by atoms with E-state index in [2.05, 4.69) is 15.2 Å². The summed E-state index contributed by atoms with van der Waals surface area (Å²) in [5.74, 6) is 1.47. The van der Waals surface area contributed by atoms with Crippen LogP contribution >= 0.6 is 23.2 Å². The summed E-state index contributed by atoms with van der Waals surface area (Å²) in [5, 5.41) is 3.96. The van der Waals surface area contributed by atoms with Crippen molar-refractivity contribution in [3.8, 4) is 5.75 Å². The number of nitrogens with zero attached hydrogens (tertiary/aromatic N) is 2. The number of anilines is 1. The van der Waals surface area contributed by atoms with Gasteiger partial charge in [-0.3, -0.25) is 4.79 Å². The first-order chi connectivity index (χ1) is 13.6. The molecule has 28 heavy (non-hydrogen) atoms. The smallest absolute Gasteiger partial charge is 0.220 e. The van der Waals surface area contributed by atoms with Crippen LogP contribution in [0.3, 0.4) is 0 Å². The molecule has 0 atom stereocenters. The van der Waals surface area contributed by atoms with Crippen LogP contribution in [-0.2, 0) is 16.1 Å². The number of carbonyl (C=O) groups excluding carboxylic acids is 1. The Morgan fingerprint density at radius 1 is 1.21 bits per heavy atom. The predicted octanol–water partition coefficient (Wildman–Crippen LogP) is 3.70. The first-order valence-electron chi connectivity index (χ1n) is 9.24. The molecular weight excluding hydrogens is 401 g/mol. The van der Waals surface area contributed by atoms with Gasteiger partial charge in [0.1, 0.15) is 11.6 Å². The van der Waals surface area contributed by atoms with Crippen molar-refractivity contribution in [2.24, 2.45) is 0 Å². The summed E-state index contributed by atoms with van der Waals surface area (Å²) < 4.78 is 11.0. The molecule has 2 heterocycles. The van der Waals surface area contributed by atoms with Crippen molar-refractivity contribution in [3.63, 3.8) is 0 Å². The molecule has 2 aromatic rings. The standard InChI is InChI=1S/C20H23Cl2N3O3/c21-16-3-4-18(17(22)13-16)28-9-1-2-20(26)24-14-15-5-6-23-19(12-15)25-7-10-27-11-8-25/h3-6,12-13H,1-2,7-11,14H2,(H,24,26). The third kappa shape index (κ3) is 6.26. The highest BCUT2D eigenvalue weighted by molar-refractivity contribution is 6.35. The van der Waals surface area contributed by atoms with E-state index >= 15 is 0 Å². The first kappa shape index (κ1) is 20.7. The second kappa shape index (κ2) is 10.5. The summed E-state index contributed by atoms with van der Waals surface area (Å²) in [7, 11) is 0. The lowest BCUT2D eigenvalue weighted by molar-refractivity contribution is -0.121. The van der Waals surface area contributed by atoms with Gasteiger partial charge in [0.15, 0.2) is 0 Å². The van der Waals surface area contributed by atoms with E-state index < -0.39 is 0 Å². The van der Waals surface area contributed by atoms with Crippen molar-refractivity contribution in [1.82, 2.24) is 10.3 Å². The van der Waals surface area contributed by atoms with E-state index in [1.165, 1.54) is 0 Å². The van der Waals surface area contributed by atoms with Gasteiger partial charge in [0, 0.05) is 37.3 Å². The van der Waals surface area contributed by atoms with Gasteiger partial charge >= 0.3 is 0 Å². The number of hydrogen-bond donors (Lipinski definition) is 1. The molecule has 1 amide bonds. The fourth-order valence-electron chi connectivity index (χ4n) is 2.83. The van der Waals surface area contributed by atoms with Gasteiger partial charge in [-0.2, -0.15) is 0 Å². The minimum atomic E-state index is -0.0180. The molecule has 0 unspecified atom stereocenters. The average Bonchev–Trinajstić information content (AvgIpc) is 2.72. The maximum absolute atomic E-state index is 12.1. The Morgan fingerprint density at radius 2 is 2.04 bits per heavy atom. The highest BCUT2D eigenvalue weighted by Gasteiger charge is 2.12. The van der Waals surface area contributed by atoms with Crippen LogP contribution in [0.25, 0.3) is 0 Å². The number of pyridine rings is 1. The molecule has 0 aliphatic carbocycles. The summed E-state index contributed by atoms with van der Waals surface area (Å²) in [6.07, 6.45) is 2.75. The highest BCUT2D eigenvalue weighted by atomic mass is 35.5. The number of morpholine rings is 1. The molecule has 1 N–H and O–H groups in total. The Balaban J connectivity index is 1.38. The minimum Gasteiger partial charge on any atom is -0.492 e. The molecule has 0 spiro atoms. The predicted molar refractivity (Wildman–Crippen MR) is 110 cm³/mol. The number of carbonyl (C=O) groups is 1. The second-order valence-corrected chi connectivity index (χ2v) is 7.27. The van der Waals surface area contributed by atoms with Crippen LogP contribution in [0.2, 0.25) is 10.0 Å². The van der Waals surface area contributed by atoms with E-state index in [-0.39, 0.29) is 5.91 Å². The monoisotopic (exact) mass is 423 g/mol. The van der Waals surface area contributed by atoms with E-state index in [0.29, 0.717) is 55.0 Å². The SMILES string of the molecule is O=C(CCCOc1ccc(Cl)cc1Cl)NCc1ccnc(N2CCOCC2)c1. The first-order valence-corrected chi connectivity index (χ1v) is 9.99. The molecule has 0 saturated carbocycles. The molecule has 8 heteroatoms. The van der Waals surface area contributed by atoms with Crippen LogP contribution in [0, 0.1) is 0 Å². The van der Waals surface area contributed by atoms with Crippen molar-refractivity contribution in [1.29, 1.82) is 0 Å². The zero-order valence-corrected chi connectivity index (χ0v) is 17.0. The van der Waals surface area contributed by atoms with Gasteiger partial charge < -0.3 is 19.7 Å². The summed E-state index contributed by atoms with van der Waals surface area (Å²) in [4.78, 5) is 18.7. The van der Waals surface area contributed by atoms with Gasteiger partial charge in [-0.1, -0.05) is 23.2 Å². The van der Waals surface area contributed by atoms with E-state index in [9.17, 15) is 4.79 Å². The van der Waals surface area contributed by atoms with E-state index in [0.717, 1.165) is 24.5 Å². The Bertz CT molecular complexity index is 798. The number of halogens is 2. The Hall–Kier alpha value is -2.02. The number of aromatic nitrogens is 1. The quantitative estimate of drug-likeness (QED) is 0.655. The van der Waals surface area contributed by atoms with Crippen molar-refractivity contribution in [2.45, 2.75) is 19.4 Å². The third-order valence-electron chi connectivity index (χ3n) is 4.33. The number of nitrogens with one attached hydrogen (secondary N) is 1. The number of hydrogen-bond acceptors (Lipinski definition) is 5. The molecule has 0 radical (unpaired) electrons. The molecular formula is C20H23Cl2N3O3. The molecule has 1 aliphatic rings. The molecule has 1 aromatic heterocycles. The second-order valence-electron chi connectivity index (χ2n) is 6.43. The van der Waals surface area contributed by atoms with Crippen molar-refractivity contribution >= 4 is 34.9 Å². The normalized spacial score (nSPS) is 14.0. The summed E-state index contributed by atoms with van der Waals surface area (Å²) >= 11 is 11.9. The van der Waals surface area contributed by atoms with Crippen LogP contribution < -0.4 is 15.0 Å². The Kier molecular flexibility index (Phi) is 7.77. The molecule has 6 nitrogen and oxygen atoms in total. The maximum atomic E-state index is 12.1. The lowest BCUT2D eigenvalue weighted by Crippen LogP contribution is -2.36. The van der Waals surface area contributed by atoms with Crippen LogP contribution in [0.4, 0.5) is 5.82 Å². The molecule has 1 fully saturated rings. The van der Waals surface area contributed by atoms with Gasteiger partial charge in [0.2, 0.25) is 5.91 Å². The third-order valence-corrected chi connectivity index (χ3v) is 4.86. The zero-order chi connectivity index (χ0) is 19.8. The molecule has 0 bridgehead atoms. The largest absolute Gasteiger partial charge is 0.492 e. The van der Waals surface area contributed by atoms with Crippen LogP contribution in [0.15, 0.2) is 36.5 Å². The Morgan fingerprint density at radius 3 is 2.82 bits per heavy atom. The molecule has 150 valence electrons. The van der Waals surface area contributed by atoms with Gasteiger partial charge in [-0.15, -0.1) is 0 Å². The lowest BCUT2D eigenvalue weighted by atomic mass is 10.2.